The molecule has 1 aromatic heterocycles. The van der Waals surface area contributed by atoms with Crippen molar-refractivity contribution in [2.24, 2.45) is 0 Å². The number of amides is 4. The molecule has 480 valence electrons. The number of carboxylic acids is 9. The topological polar surface area (TPSA) is 436 Å². The first-order chi connectivity index (χ1) is 43.1. The molecule has 0 saturated carbocycles. The summed E-state index contributed by atoms with van der Waals surface area (Å²) in [7, 11) is 0. The Balaban J connectivity index is 1.45. The number of likely N-dealkylation sites (N-methyl/N-ethyl adjacent to an activating group) is 1. The molecule has 0 aliphatic carbocycles. The number of hydrogen-bond donors (Lipinski definition) is 9. The molecular weight excluding hydrogens is 1210 g/mol. The number of hydrogen-bond acceptors (Lipinski definition) is 15. The van der Waals surface area contributed by atoms with Crippen molar-refractivity contribution in [2.45, 2.75) is 52.4 Å². The molecule has 0 fully saturated rings. The highest BCUT2D eigenvalue weighted by Crippen LogP contribution is 2.52. The van der Waals surface area contributed by atoms with Gasteiger partial charge in [0.2, 0.25) is 5.69 Å². The Morgan fingerprint density at radius 1 is 0.489 bits per heavy atom. The second kappa shape index (κ2) is 27.0. The Kier molecular flexibility index (Phi) is 19.9. The number of carbonyl (C=O) groups excluding carboxylic acids is 4. The zero-order valence-electron chi connectivity index (χ0n) is 50.2. The molecule has 0 unspecified atom stereocenters. The minimum Gasteiger partial charge on any atom is -0.480 e. The third kappa shape index (κ3) is 14.1. The normalized spacial score (nSPS) is 14.2. The first kappa shape index (κ1) is 67.9. The number of aromatic nitrogens is 1. The summed E-state index contributed by atoms with van der Waals surface area (Å²) in [5.41, 5.74) is -0.325. The van der Waals surface area contributed by atoms with E-state index >= 15 is 0 Å². The highest BCUT2D eigenvalue weighted by Gasteiger charge is 2.47. The molecule has 2 aliphatic rings. The van der Waals surface area contributed by atoms with Crippen LogP contribution in [0.1, 0.15) is 110 Å². The van der Waals surface area contributed by atoms with Crippen LogP contribution in [0.2, 0.25) is 0 Å². The largest absolute Gasteiger partial charge is 0.480 e. The third-order valence-electron chi connectivity index (χ3n) is 15.4. The molecular formula is C63H62N7O22+. The number of aliphatic carboxylic acids is 8. The molecule has 5 aromatic rings. The fraction of sp³-hybridized carbons (Fsp3) is 0.286. The summed E-state index contributed by atoms with van der Waals surface area (Å²) in [5, 5.41) is 88.2. The van der Waals surface area contributed by atoms with Gasteiger partial charge in [0.25, 0.3) is 23.6 Å². The molecule has 2 aliphatic heterocycles. The molecule has 0 bridgehead atoms. The van der Waals surface area contributed by atoms with Crippen molar-refractivity contribution in [3.05, 3.63) is 141 Å². The summed E-state index contributed by atoms with van der Waals surface area (Å²) in [6.07, 6.45) is 7.98. The maximum absolute atomic E-state index is 14.5. The van der Waals surface area contributed by atoms with Gasteiger partial charge in [0.05, 0.1) is 16.7 Å². The molecule has 3 heterocycles. The molecule has 29 nitrogen and oxygen atoms in total. The van der Waals surface area contributed by atoms with Crippen LogP contribution in [-0.4, -0.2) is 224 Å². The van der Waals surface area contributed by atoms with E-state index in [0.717, 1.165) is 18.3 Å². The van der Waals surface area contributed by atoms with Crippen LogP contribution in [0.4, 0.5) is 11.4 Å². The summed E-state index contributed by atoms with van der Waals surface area (Å²) in [4.78, 5) is 174. The molecule has 0 atom stereocenters. The maximum atomic E-state index is 14.5. The van der Waals surface area contributed by atoms with E-state index in [-0.39, 0.29) is 57.0 Å². The van der Waals surface area contributed by atoms with E-state index in [1.165, 1.54) is 36.4 Å². The van der Waals surface area contributed by atoms with Gasteiger partial charge in [-0.1, -0.05) is 26.0 Å². The highest BCUT2D eigenvalue weighted by molar-refractivity contribution is 6.17. The fourth-order valence-electron chi connectivity index (χ4n) is 11.7. The molecule has 29 heteroatoms. The van der Waals surface area contributed by atoms with Gasteiger partial charge in [-0.3, -0.25) is 62.5 Å². The van der Waals surface area contributed by atoms with Crippen molar-refractivity contribution < 1.29 is 113 Å². The molecule has 9 N–H and O–H groups in total. The van der Waals surface area contributed by atoms with Crippen molar-refractivity contribution in [1.82, 2.24) is 24.6 Å². The van der Waals surface area contributed by atoms with Crippen molar-refractivity contribution in [2.75, 3.05) is 70.3 Å². The minimum atomic E-state index is -1.58. The fourth-order valence-corrected chi connectivity index (χ4v) is 11.7. The van der Waals surface area contributed by atoms with Crippen molar-refractivity contribution >= 4 is 122 Å². The lowest BCUT2D eigenvalue weighted by Crippen LogP contribution is -2.40. The van der Waals surface area contributed by atoms with Crippen LogP contribution in [-0.2, 0) is 49.2 Å². The summed E-state index contributed by atoms with van der Waals surface area (Å²) in [6, 6.07) is 13.8. The number of allylic oxidation sites excluding steroid dienone is 6. The summed E-state index contributed by atoms with van der Waals surface area (Å²) >= 11 is 0. The lowest BCUT2D eigenvalue weighted by atomic mass is 9.78. The molecule has 7 rings (SSSR count). The van der Waals surface area contributed by atoms with Gasteiger partial charge in [-0.15, -0.1) is 0 Å². The first-order valence-corrected chi connectivity index (χ1v) is 28.0. The van der Waals surface area contributed by atoms with Crippen LogP contribution in [0.15, 0.2) is 96.9 Å². The Morgan fingerprint density at radius 3 is 1.28 bits per heavy atom. The molecule has 4 amide bonds. The van der Waals surface area contributed by atoms with Gasteiger partial charge in [0.15, 0.2) is 5.71 Å². The molecule has 92 heavy (non-hydrogen) atoms. The van der Waals surface area contributed by atoms with Crippen LogP contribution in [0.25, 0.3) is 27.1 Å². The van der Waals surface area contributed by atoms with E-state index in [9.17, 15) is 108 Å². The number of nitrogens with zero attached hydrogens (tertiary/aromatic N) is 7. The molecule has 0 radical (unpaired) electrons. The van der Waals surface area contributed by atoms with Gasteiger partial charge < -0.3 is 70.5 Å². The lowest BCUT2D eigenvalue weighted by molar-refractivity contribution is -0.433. The summed E-state index contributed by atoms with van der Waals surface area (Å²) in [5.74, 6) is -18.5. The standard InChI is InChI=1S/C63H61N7O22/c1-7-69-43-15-12-36-38(19-34(57(87)65(24-47(71)72)25-48(73)74)21-40(36)59(89)67(28-51(79)80)29-52(81)82)55(43)62(3,4)45(69)17-10-32(42-14-9-33(23-64-42)61(91)92)11-18-46-63(5,6)56-39-20-35(58(88)66(26-49(75)76)27-50(77)78)22-41(37(39)13-16-44(56)70(46)8-2)60(90)68(30-53(83)84)31-54(85)86/h9-23H,7-8,24-31H2,1-6H3,(H8-,71,72,73,74,75,76,77,78,79,80,81,82,83,84,85,86,91,92)/p+1. The predicted octanol–water partition coefficient (Wildman–Crippen LogP) is 4.27. The van der Waals surface area contributed by atoms with Gasteiger partial charge >= 0.3 is 53.7 Å². The summed E-state index contributed by atoms with van der Waals surface area (Å²) in [6.45, 7) is 2.64. The van der Waals surface area contributed by atoms with Crippen LogP contribution in [0.5, 0.6) is 0 Å². The second-order valence-electron chi connectivity index (χ2n) is 22.3. The van der Waals surface area contributed by atoms with Crippen molar-refractivity contribution in [1.29, 1.82) is 0 Å². The first-order valence-electron chi connectivity index (χ1n) is 28.0. The third-order valence-corrected chi connectivity index (χ3v) is 15.4. The predicted molar refractivity (Wildman–Crippen MR) is 324 cm³/mol. The number of carboxylic acid groups (broad SMARTS) is 9. The quantitative estimate of drug-likeness (QED) is 0.0262. The van der Waals surface area contributed by atoms with E-state index in [0.29, 0.717) is 59.1 Å². The Bertz CT molecular complexity index is 4100. The van der Waals surface area contributed by atoms with E-state index in [4.69, 9.17) is 0 Å². The number of anilines is 1. The van der Waals surface area contributed by atoms with Crippen LogP contribution < -0.4 is 4.90 Å². The summed E-state index contributed by atoms with van der Waals surface area (Å²) < 4.78 is 1.89. The SMILES string of the molecule is CCN1/C(=C/C=C(/C=C/C2=[N+](CC)c3ccc4c(C(=O)N(CC(=O)O)CC(=O)O)cc(C(=O)N(CC(=O)O)CC(=O)O)cc4c3C2(C)C)c2ccc(C(=O)O)cn2)C(C)(C)c2c1ccc1c(C(=O)N(CC(=O)O)CC(=O)O)cc(C(=O)N(CC(=O)O)CC(=O)O)cc21. The van der Waals surface area contributed by atoms with Gasteiger partial charge in [-0.25, -0.2) is 4.79 Å². The van der Waals surface area contributed by atoms with Crippen LogP contribution in [0, 0.1) is 0 Å². The van der Waals surface area contributed by atoms with Crippen LogP contribution in [0.3, 0.4) is 0 Å². The van der Waals surface area contributed by atoms with Gasteiger partial charge in [0, 0.05) is 75.1 Å². The molecule has 0 spiro atoms. The Morgan fingerprint density at radius 2 is 0.902 bits per heavy atom. The Labute approximate surface area is 521 Å². The van der Waals surface area contributed by atoms with E-state index < -0.39 is 152 Å². The average molecular weight is 1270 g/mol. The van der Waals surface area contributed by atoms with Gasteiger partial charge in [-0.2, -0.15) is 4.58 Å². The smallest absolute Gasteiger partial charge is 0.337 e. The van der Waals surface area contributed by atoms with Gasteiger partial charge in [-0.05, 0) is 115 Å². The maximum Gasteiger partial charge on any atom is 0.337 e. The van der Waals surface area contributed by atoms with E-state index in [2.05, 4.69) is 4.98 Å². The van der Waals surface area contributed by atoms with E-state index in [1.807, 2.05) is 23.3 Å². The number of aromatic carboxylic acids is 1. The Hall–Kier alpha value is -11.6. The second-order valence-corrected chi connectivity index (χ2v) is 22.3. The van der Waals surface area contributed by atoms with Gasteiger partial charge in [0.1, 0.15) is 58.9 Å². The zero-order valence-corrected chi connectivity index (χ0v) is 50.2. The number of carbonyl (C=O) groups is 13. The number of fused-ring (bicyclic) bond motifs is 6. The number of pyridine rings is 1. The highest BCUT2D eigenvalue weighted by atomic mass is 16.4. The molecule has 0 saturated heterocycles. The van der Waals surface area contributed by atoms with Crippen LogP contribution >= 0.6 is 0 Å². The zero-order chi connectivity index (χ0) is 68.2. The average Bonchev–Trinajstić information content (AvgIpc) is 1.54. The van der Waals surface area contributed by atoms with E-state index in [1.54, 1.807) is 64.1 Å². The minimum absolute atomic E-state index is 0.106. The van der Waals surface area contributed by atoms with Crippen molar-refractivity contribution in [3.63, 3.8) is 0 Å². The molecule has 4 aromatic carbocycles. The lowest BCUT2D eigenvalue weighted by Gasteiger charge is -2.26. The van der Waals surface area contributed by atoms with Crippen molar-refractivity contribution in [3.8, 4) is 0 Å². The number of benzene rings is 4. The monoisotopic (exact) mass is 1270 g/mol. The number of rotatable bonds is 27.